The van der Waals surface area contributed by atoms with E-state index in [1.54, 1.807) is 6.07 Å². The fourth-order valence-electron chi connectivity index (χ4n) is 2.65. The summed E-state index contributed by atoms with van der Waals surface area (Å²) in [6.45, 7) is -0.435. The van der Waals surface area contributed by atoms with Crippen molar-refractivity contribution in [3.63, 3.8) is 0 Å². The number of aromatic nitrogens is 2. The van der Waals surface area contributed by atoms with E-state index in [0.717, 1.165) is 10.5 Å². The number of hydrogen-bond donors (Lipinski definition) is 1. The van der Waals surface area contributed by atoms with Crippen molar-refractivity contribution in [1.29, 1.82) is 0 Å². The van der Waals surface area contributed by atoms with Gasteiger partial charge in [0.1, 0.15) is 11.4 Å². The Hall–Kier alpha value is -3.63. The number of methoxy groups -OCH3 is 1. The topological polar surface area (TPSA) is 98.8 Å². The molecule has 2 heterocycles. The van der Waals surface area contributed by atoms with Gasteiger partial charge in [-0.25, -0.2) is 4.98 Å². The van der Waals surface area contributed by atoms with Crippen molar-refractivity contribution in [1.82, 2.24) is 9.38 Å². The van der Waals surface area contributed by atoms with Crippen LogP contribution in [0.4, 0.5) is 24.7 Å². The van der Waals surface area contributed by atoms with E-state index in [-0.39, 0.29) is 17.0 Å². The van der Waals surface area contributed by atoms with Crippen LogP contribution in [0.2, 0.25) is 0 Å². The molecule has 146 valence electrons. The molecule has 0 atom stereocenters. The van der Waals surface area contributed by atoms with Gasteiger partial charge < -0.3 is 10.1 Å². The predicted molar refractivity (Wildman–Crippen MR) is 93.4 cm³/mol. The van der Waals surface area contributed by atoms with E-state index >= 15 is 0 Å². The van der Waals surface area contributed by atoms with Crippen molar-refractivity contribution in [2.45, 2.75) is 12.7 Å². The van der Waals surface area contributed by atoms with E-state index in [1.165, 1.54) is 37.6 Å². The third-order valence-electron chi connectivity index (χ3n) is 3.96. The zero-order chi connectivity index (χ0) is 20.5. The molecule has 0 saturated heterocycles. The average molecular weight is 394 g/mol. The number of anilines is 1. The normalized spacial score (nSPS) is 11.4. The van der Waals surface area contributed by atoms with E-state index < -0.39 is 40.3 Å². The molecule has 1 aromatic carbocycles. The van der Waals surface area contributed by atoms with Crippen LogP contribution in [0.1, 0.15) is 11.1 Å². The fourth-order valence-corrected chi connectivity index (χ4v) is 2.65. The van der Waals surface area contributed by atoms with Crippen molar-refractivity contribution < 1.29 is 22.8 Å². The maximum atomic E-state index is 13.3. The molecule has 0 amide bonds. The molecule has 3 aromatic rings. The van der Waals surface area contributed by atoms with Crippen molar-refractivity contribution in [2.75, 3.05) is 12.4 Å². The average Bonchev–Trinajstić information content (AvgIpc) is 2.65. The summed E-state index contributed by atoms with van der Waals surface area (Å²) in [5, 5.41) is 13.8. The Morgan fingerprint density at radius 2 is 2.04 bits per heavy atom. The van der Waals surface area contributed by atoms with Gasteiger partial charge in [0, 0.05) is 12.7 Å². The van der Waals surface area contributed by atoms with Crippen LogP contribution in [0, 0.1) is 10.1 Å². The largest absolute Gasteiger partial charge is 0.497 e. The van der Waals surface area contributed by atoms with E-state index in [0.29, 0.717) is 0 Å². The molecule has 1 N–H and O–H groups in total. The molecule has 0 saturated carbocycles. The first-order chi connectivity index (χ1) is 13.2. The van der Waals surface area contributed by atoms with E-state index in [1.807, 2.05) is 0 Å². The van der Waals surface area contributed by atoms with E-state index in [4.69, 9.17) is 4.74 Å². The SMILES string of the molecule is COc1ccc(CNc2nc3ccccn3c(=O)c2[N+](=O)[O-])c(C(F)(F)F)c1. The molecule has 0 spiro atoms. The van der Waals surface area contributed by atoms with E-state index in [2.05, 4.69) is 10.3 Å². The van der Waals surface area contributed by atoms with Crippen molar-refractivity contribution in [3.8, 4) is 5.75 Å². The molecule has 0 bridgehead atoms. The maximum Gasteiger partial charge on any atom is 0.416 e. The molecule has 3 rings (SSSR count). The highest BCUT2D eigenvalue weighted by Crippen LogP contribution is 2.35. The number of halogens is 3. The number of pyridine rings is 1. The van der Waals surface area contributed by atoms with Gasteiger partial charge in [-0.05, 0) is 29.8 Å². The lowest BCUT2D eigenvalue weighted by atomic mass is 10.1. The molecule has 28 heavy (non-hydrogen) atoms. The summed E-state index contributed by atoms with van der Waals surface area (Å²) in [4.78, 5) is 26.8. The van der Waals surface area contributed by atoms with Gasteiger partial charge >= 0.3 is 17.4 Å². The Bertz CT molecular complexity index is 1110. The van der Waals surface area contributed by atoms with Crippen LogP contribution in [0.25, 0.3) is 5.65 Å². The summed E-state index contributed by atoms with van der Waals surface area (Å²) in [5.41, 5.74) is -2.82. The predicted octanol–water partition coefficient (Wildman–Crippen LogP) is 3.24. The molecule has 0 radical (unpaired) electrons. The van der Waals surface area contributed by atoms with Gasteiger partial charge in [-0.1, -0.05) is 12.1 Å². The Labute approximate surface area is 155 Å². The molecule has 0 fully saturated rings. The number of benzene rings is 1. The Balaban J connectivity index is 2.04. The van der Waals surface area contributed by atoms with Crippen LogP contribution >= 0.6 is 0 Å². The molecule has 11 heteroatoms. The zero-order valence-electron chi connectivity index (χ0n) is 14.4. The number of fused-ring (bicyclic) bond motifs is 1. The highest BCUT2D eigenvalue weighted by molar-refractivity contribution is 5.60. The van der Waals surface area contributed by atoms with Gasteiger partial charge in [-0.15, -0.1) is 0 Å². The van der Waals surface area contributed by atoms with Crippen LogP contribution < -0.4 is 15.6 Å². The third-order valence-corrected chi connectivity index (χ3v) is 3.96. The van der Waals surface area contributed by atoms with Gasteiger partial charge in [0.15, 0.2) is 0 Å². The van der Waals surface area contributed by atoms with E-state index in [9.17, 15) is 28.1 Å². The molecule has 8 nitrogen and oxygen atoms in total. The second kappa shape index (κ2) is 7.18. The Kier molecular flexibility index (Phi) is 4.91. The number of nitrogens with one attached hydrogen (secondary N) is 1. The lowest BCUT2D eigenvalue weighted by Crippen LogP contribution is -2.21. The molecule has 0 unspecified atom stereocenters. The lowest BCUT2D eigenvalue weighted by Gasteiger charge is -2.15. The summed E-state index contributed by atoms with van der Waals surface area (Å²) in [7, 11) is 1.24. The smallest absolute Gasteiger partial charge is 0.416 e. The summed E-state index contributed by atoms with van der Waals surface area (Å²) in [6, 6.07) is 7.87. The second-order valence-electron chi connectivity index (χ2n) is 5.67. The zero-order valence-corrected chi connectivity index (χ0v) is 14.4. The van der Waals surface area contributed by atoms with Crippen LogP contribution in [-0.2, 0) is 12.7 Å². The fraction of sp³-hybridized carbons (Fsp3) is 0.176. The number of alkyl halides is 3. The minimum absolute atomic E-state index is 0.0177. The molecule has 0 aliphatic carbocycles. The van der Waals surface area contributed by atoms with Crippen LogP contribution in [0.5, 0.6) is 5.75 Å². The lowest BCUT2D eigenvalue weighted by molar-refractivity contribution is -0.385. The summed E-state index contributed by atoms with van der Waals surface area (Å²) >= 11 is 0. The van der Waals surface area contributed by atoms with Crippen molar-refractivity contribution in [2.24, 2.45) is 0 Å². The first kappa shape index (κ1) is 19.1. The van der Waals surface area contributed by atoms with Gasteiger partial charge in [0.2, 0.25) is 5.82 Å². The van der Waals surface area contributed by atoms with Gasteiger partial charge in [0.25, 0.3) is 0 Å². The highest BCUT2D eigenvalue weighted by Gasteiger charge is 2.34. The minimum atomic E-state index is -4.66. The number of nitrogens with zero attached hydrogens (tertiary/aromatic N) is 3. The number of rotatable bonds is 5. The Morgan fingerprint density at radius 1 is 1.29 bits per heavy atom. The standard InChI is InChI=1S/C17H13F3N4O4/c1-28-11-6-5-10(12(8-11)17(18,19)20)9-21-15-14(24(26)27)16(25)23-7-3-2-4-13(23)22-15/h2-8,21H,9H2,1H3. The number of nitro groups is 1. The maximum absolute atomic E-state index is 13.3. The van der Waals surface area contributed by atoms with Crippen molar-refractivity contribution in [3.05, 3.63) is 74.2 Å². The highest BCUT2D eigenvalue weighted by atomic mass is 19.4. The monoisotopic (exact) mass is 394 g/mol. The summed E-state index contributed by atoms with van der Waals surface area (Å²) in [5.74, 6) is -0.394. The third kappa shape index (κ3) is 3.59. The number of ether oxygens (including phenoxy) is 1. The molecule has 2 aromatic heterocycles. The number of hydrogen-bond acceptors (Lipinski definition) is 6. The quantitative estimate of drug-likeness (QED) is 0.527. The summed E-state index contributed by atoms with van der Waals surface area (Å²) < 4.78 is 45.7. The van der Waals surface area contributed by atoms with Crippen LogP contribution in [0.15, 0.2) is 47.4 Å². The van der Waals surface area contributed by atoms with Crippen LogP contribution in [0.3, 0.4) is 0 Å². The summed E-state index contributed by atoms with van der Waals surface area (Å²) in [6.07, 6.45) is -3.35. The Morgan fingerprint density at radius 3 is 2.68 bits per heavy atom. The van der Waals surface area contributed by atoms with Gasteiger partial charge in [-0.2, -0.15) is 13.2 Å². The molecular formula is C17H13F3N4O4. The van der Waals surface area contributed by atoms with Crippen molar-refractivity contribution >= 4 is 17.2 Å². The van der Waals surface area contributed by atoms with Crippen LogP contribution in [-0.4, -0.2) is 21.4 Å². The molecular weight excluding hydrogens is 381 g/mol. The molecule has 0 aliphatic heterocycles. The second-order valence-corrected chi connectivity index (χ2v) is 5.67. The first-order valence-electron chi connectivity index (χ1n) is 7.86. The van der Waals surface area contributed by atoms with Gasteiger partial charge in [0.05, 0.1) is 17.6 Å². The first-order valence-corrected chi connectivity index (χ1v) is 7.86. The van der Waals surface area contributed by atoms with Gasteiger partial charge in [-0.3, -0.25) is 19.3 Å². The minimum Gasteiger partial charge on any atom is -0.497 e. The molecule has 0 aliphatic rings.